The molecule has 1 N–H and O–H groups in total. The summed E-state index contributed by atoms with van der Waals surface area (Å²) in [6.07, 6.45) is 6.67. The van der Waals surface area contributed by atoms with Gasteiger partial charge in [-0.1, -0.05) is 31.4 Å². The number of hydrogen-bond acceptors (Lipinski definition) is 2. The average molecular weight is 219 g/mol. The Hall–Kier alpha value is -1.02. The fourth-order valence-corrected chi connectivity index (χ4v) is 2.33. The van der Waals surface area contributed by atoms with Crippen molar-refractivity contribution in [2.24, 2.45) is 0 Å². The molecule has 0 aliphatic carbocycles. The van der Waals surface area contributed by atoms with E-state index in [0.717, 1.165) is 12.3 Å². The van der Waals surface area contributed by atoms with Gasteiger partial charge in [-0.3, -0.25) is 0 Å². The van der Waals surface area contributed by atoms with Gasteiger partial charge < -0.3 is 10.1 Å². The van der Waals surface area contributed by atoms with Crippen molar-refractivity contribution in [2.45, 2.75) is 38.1 Å². The summed E-state index contributed by atoms with van der Waals surface area (Å²) >= 11 is 0. The lowest BCUT2D eigenvalue weighted by Crippen LogP contribution is -2.23. The summed E-state index contributed by atoms with van der Waals surface area (Å²) in [5.74, 6) is 0.939. The molecule has 0 radical (unpaired) electrons. The van der Waals surface area contributed by atoms with E-state index in [1.165, 1.54) is 37.7 Å². The standard InChI is InChI=1S/C14H21NO/c1-16-13-9-7-12(8-10-13)14-6-4-2-3-5-11-15-14/h7-10,14-15H,2-6,11H2,1H3. The van der Waals surface area contributed by atoms with E-state index < -0.39 is 0 Å². The van der Waals surface area contributed by atoms with E-state index in [1.54, 1.807) is 7.11 Å². The molecule has 0 amide bonds. The Morgan fingerprint density at radius 3 is 2.56 bits per heavy atom. The van der Waals surface area contributed by atoms with Crippen LogP contribution in [0.15, 0.2) is 24.3 Å². The molecule has 0 saturated carbocycles. The van der Waals surface area contributed by atoms with Crippen molar-refractivity contribution in [1.82, 2.24) is 5.32 Å². The highest BCUT2D eigenvalue weighted by molar-refractivity contribution is 5.29. The molecule has 0 aromatic heterocycles. The highest BCUT2D eigenvalue weighted by Gasteiger charge is 2.12. The van der Waals surface area contributed by atoms with Crippen molar-refractivity contribution in [3.63, 3.8) is 0 Å². The van der Waals surface area contributed by atoms with Gasteiger partial charge in [0.1, 0.15) is 5.75 Å². The first-order valence-electron chi connectivity index (χ1n) is 6.27. The third-order valence-electron chi connectivity index (χ3n) is 3.33. The molecule has 1 aromatic rings. The zero-order chi connectivity index (χ0) is 11.2. The Morgan fingerprint density at radius 1 is 1.06 bits per heavy atom. The fraction of sp³-hybridized carbons (Fsp3) is 0.571. The van der Waals surface area contributed by atoms with E-state index >= 15 is 0 Å². The van der Waals surface area contributed by atoms with E-state index in [9.17, 15) is 0 Å². The van der Waals surface area contributed by atoms with Crippen molar-refractivity contribution in [2.75, 3.05) is 13.7 Å². The van der Waals surface area contributed by atoms with E-state index in [-0.39, 0.29) is 0 Å². The smallest absolute Gasteiger partial charge is 0.118 e. The fourth-order valence-electron chi connectivity index (χ4n) is 2.33. The Kier molecular flexibility index (Phi) is 4.23. The lowest BCUT2D eigenvalue weighted by Gasteiger charge is -2.21. The maximum Gasteiger partial charge on any atom is 0.118 e. The van der Waals surface area contributed by atoms with Crippen LogP contribution in [0.3, 0.4) is 0 Å². The monoisotopic (exact) mass is 219 g/mol. The lowest BCUT2D eigenvalue weighted by atomic mass is 9.98. The minimum Gasteiger partial charge on any atom is -0.497 e. The molecule has 1 saturated heterocycles. The second kappa shape index (κ2) is 5.90. The topological polar surface area (TPSA) is 21.3 Å². The van der Waals surface area contributed by atoms with Crippen LogP contribution >= 0.6 is 0 Å². The van der Waals surface area contributed by atoms with Crippen molar-refractivity contribution >= 4 is 0 Å². The Balaban J connectivity index is 2.02. The van der Waals surface area contributed by atoms with Gasteiger partial charge in [-0.15, -0.1) is 0 Å². The molecule has 16 heavy (non-hydrogen) atoms. The van der Waals surface area contributed by atoms with Crippen molar-refractivity contribution in [3.05, 3.63) is 29.8 Å². The predicted molar refractivity (Wildman–Crippen MR) is 66.8 cm³/mol. The SMILES string of the molecule is COc1ccc(C2CCCCCCN2)cc1. The molecule has 1 fully saturated rings. The summed E-state index contributed by atoms with van der Waals surface area (Å²) in [5, 5.41) is 3.63. The summed E-state index contributed by atoms with van der Waals surface area (Å²) in [5.41, 5.74) is 1.39. The zero-order valence-corrected chi connectivity index (χ0v) is 10.0. The Bertz CT molecular complexity index is 299. The van der Waals surface area contributed by atoms with Gasteiger partial charge in [-0.05, 0) is 37.1 Å². The number of methoxy groups -OCH3 is 1. The summed E-state index contributed by atoms with van der Waals surface area (Å²) < 4.78 is 5.18. The molecule has 2 rings (SSSR count). The molecule has 0 bridgehead atoms. The van der Waals surface area contributed by atoms with Gasteiger partial charge >= 0.3 is 0 Å². The van der Waals surface area contributed by atoms with Gasteiger partial charge in [0.15, 0.2) is 0 Å². The van der Waals surface area contributed by atoms with Gasteiger partial charge in [0.05, 0.1) is 7.11 Å². The first-order chi connectivity index (χ1) is 7.90. The van der Waals surface area contributed by atoms with Crippen LogP contribution in [0.4, 0.5) is 0 Å². The summed E-state index contributed by atoms with van der Waals surface area (Å²) in [4.78, 5) is 0. The molecule has 2 heteroatoms. The summed E-state index contributed by atoms with van der Waals surface area (Å²) in [6.45, 7) is 1.15. The molecule has 88 valence electrons. The van der Waals surface area contributed by atoms with Crippen molar-refractivity contribution in [3.8, 4) is 5.75 Å². The Labute approximate surface area is 98.0 Å². The third kappa shape index (κ3) is 2.99. The van der Waals surface area contributed by atoms with Crippen LogP contribution < -0.4 is 10.1 Å². The normalized spacial score (nSPS) is 22.2. The van der Waals surface area contributed by atoms with Crippen LogP contribution in [0.5, 0.6) is 5.75 Å². The first kappa shape index (κ1) is 11.5. The molecule has 1 aliphatic heterocycles. The highest BCUT2D eigenvalue weighted by atomic mass is 16.5. The van der Waals surface area contributed by atoms with E-state index in [4.69, 9.17) is 4.74 Å². The highest BCUT2D eigenvalue weighted by Crippen LogP contribution is 2.24. The number of benzene rings is 1. The largest absolute Gasteiger partial charge is 0.497 e. The second-order valence-electron chi connectivity index (χ2n) is 4.48. The van der Waals surface area contributed by atoms with Gasteiger partial charge in [-0.2, -0.15) is 0 Å². The molecule has 1 atom stereocenters. The number of rotatable bonds is 2. The van der Waals surface area contributed by atoms with Gasteiger partial charge in [-0.25, -0.2) is 0 Å². The Morgan fingerprint density at radius 2 is 1.81 bits per heavy atom. The van der Waals surface area contributed by atoms with Crippen molar-refractivity contribution in [1.29, 1.82) is 0 Å². The minimum absolute atomic E-state index is 0.534. The van der Waals surface area contributed by atoms with Crippen LogP contribution in [0.1, 0.15) is 43.7 Å². The average Bonchev–Trinajstić information content (AvgIpc) is 2.29. The molecular weight excluding hydrogens is 198 g/mol. The van der Waals surface area contributed by atoms with Crippen molar-refractivity contribution < 1.29 is 4.74 Å². The van der Waals surface area contributed by atoms with Crippen LogP contribution in [0.2, 0.25) is 0 Å². The molecular formula is C14H21NO. The zero-order valence-electron chi connectivity index (χ0n) is 10.0. The van der Waals surface area contributed by atoms with Gasteiger partial charge in [0.25, 0.3) is 0 Å². The predicted octanol–water partition coefficient (Wildman–Crippen LogP) is 3.29. The molecule has 1 aliphatic rings. The van der Waals surface area contributed by atoms with E-state index in [0.29, 0.717) is 6.04 Å². The molecule has 1 heterocycles. The van der Waals surface area contributed by atoms with Crippen LogP contribution in [0.25, 0.3) is 0 Å². The third-order valence-corrected chi connectivity index (χ3v) is 3.33. The molecule has 1 aromatic carbocycles. The van der Waals surface area contributed by atoms with E-state index in [2.05, 4.69) is 29.6 Å². The van der Waals surface area contributed by atoms with Gasteiger partial charge in [0.2, 0.25) is 0 Å². The molecule has 1 unspecified atom stereocenters. The maximum atomic E-state index is 5.18. The summed E-state index contributed by atoms with van der Waals surface area (Å²) in [7, 11) is 1.71. The molecule has 2 nitrogen and oxygen atoms in total. The number of nitrogens with one attached hydrogen (secondary N) is 1. The summed E-state index contributed by atoms with van der Waals surface area (Å²) in [6, 6.07) is 8.99. The van der Waals surface area contributed by atoms with E-state index in [1.807, 2.05) is 0 Å². The second-order valence-corrected chi connectivity index (χ2v) is 4.48. The number of hydrogen-bond donors (Lipinski definition) is 1. The number of ether oxygens (including phenoxy) is 1. The maximum absolute atomic E-state index is 5.18. The molecule has 0 spiro atoms. The van der Waals surface area contributed by atoms with Gasteiger partial charge in [0, 0.05) is 6.04 Å². The minimum atomic E-state index is 0.534. The van der Waals surface area contributed by atoms with Crippen LogP contribution in [0, 0.1) is 0 Å². The quantitative estimate of drug-likeness (QED) is 0.824. The first-order valence-corrected chi connectivity index (χ1v) is 6.27. The van der Waals surface area contributed by atoms with Crippen LogP contribution in [-0.2, 0) is 0 Å². The lowest BCUT2D eigenvalue weighted by molar-refractivity contribution is 0.411. The van der Waals surface area contributed by atoms with Crippen LogP contribution in [-0.4, -0.2) is 13.7 Å².